The molecule has 0 heterocycles. The number of phenolic OH excluding ortho intramolecular Hbond substituents is 2. The second-order valence-corrected chi connectivity index (χ2v) is 2.82. The molecule has 2 N–H and O–H groups in total. The topological polar surface area (TPSA) is 49.7 Å². The normalized spacial score (nSPS) is 10.2. The van der Waals surface area contributed by atoms with Crippen molar-refractivity contribution < 1.29 is 14.9 Å². The molecule has 0 unspecified atom stereocenters. The van der Waals surface area contributed by atoms with Crippen molar-refractivity contribution >= 4 is 0 Å². The molecule has 0 aliphatic heterocycles. The Balaban J connectivity index is 2.86. The molecule has 0 atom stereocenters. The standard InChI is InChI=1S/C9H12O3/c1-6(2)12-9-4-3-7(10)5-8(9)11/h3-6,10-11H,1-2H3. The van der Waals surface area contributed by atoms with Gasteiger partial charge in [0.1, 0.15) is 5.75 Å². The summed E-state index contributed by atoms with van der Waals surface area (Å²) in [5, 5.41) is 18.2. The van der Waals surface area contributed by atoms with E-state index in [1.54, 1.807) is 0 Å². The van der Waals surface area contributed by atoms with E-state index in [2.05, 4.69) is 0 Å². The van der Waals surface area contributed by atoms with Crippen molar-refractivity contribution in [2.24, 2.45) is 0 Å². The summed E-state index contributed by atoms with van der Waals surface area (Å²) in [6.45, 7) is 3.73. The smallest absolute Gasteiger partial charge is 0.161 e. The molecule has 0 bridgehead atoms. The summed E-state index contributed by atoms with van der Waals surface area (Å²) in [5.74, 6) is 0.384. The lowest BCUT2D eigenvalue weighted by atomic mass is 10.3. The zero-order valence-electron chi connectivity index (χ0n) is 7.11. The molecule has 0 fully saturated rings. The molecule has 3 heteroatoms. The molecule has 1 aromatic carbocycles. The predicted octanol–water partition coefficient (Wildman–Crippen LogP) is 1.89. The number of benzene rings is 1. The van der Waals surface area contributed by atoms with Gasteiger partial charge < -0.3 is 14.9 Å². The first kappa shape index (κ1) is 8.71. The predicted molar refractivity (Wildman–Crippen MR) is 45.5 cm³/mol. The Morgan fingerprint density at radius 3 is 2.42 bits per heavy atom. The molecule has 3 nitrogen and oxygen atoms in total. The Kier molecular flexibility index (Phi) is 2.43. The minimum atomic E-state index is -0.0382. The molecular weight excluding hydrogens is 156 g/mol. The molecule has 0 amide bonds. The fourth-order valence-electron chi connectivity index (χ4n) is 0.859. The minimum absolute atomic E-state index is 0.0143. The van der Waals surface area contributed by atoms with Gasteiger partial charge in [-0.1, -0.05) is 0 Å². The average molecular weight is 168 g/mol. The summed E-state index contributed by atoms with van der Waals surface area (Å²) >= 11 is 0. The van der Waals surface area contributed by atoms with Crippen LogP contribution in [0.25, 0.3) is 0 Å². The van der Waals surface area contributed by atoms with Gasteiger partial charge in [-0.2, -0.15) is 0 Å². The zero-order valence-corrected chi connectivity index (χ0v) is 7.11. The number of hydrogen-bond acceptors (Lipinski definition) is 3. The summed E-state index contributed by atoms with van der Waals surface area (Å²) < 4.78 is 5.24. The van der Waals surface area contributed by atoms with E-state index in [0.29, 0.717) is 5.75 Å². The van der Waals surface area contributed by atoms with Crippen LogP contribution in [0.15, 0.2) is 18.2 Å². The second kappa shape index (κ2) is 3.34. The van der Waals surface area contributed by atoms with Crippen LogP contribution in [0.2, 0.25) is 0 Å². The van der Waals surface area contributed by atoms with Gasteiger partial charge in [-0.05, 0) is 26.0 Å². The van der Waals surface area contributed by atoms with Gasteiger partial charge in [0.15, 0.2) is 11.5 Å². The third-order valence-electron chi connectivity index (χ3n) is 1.31. The van der Waals surface area contributed by atoms with Gasteiger partial charge >= 0.3 is 0 Å². The van der Waals surface area contributed by atoms with Crippen LogP contribution >= 0.6 is 0 Å². The first-order chi connectivity index (χ1) is 5.59. The van der Waals surface area contributed by atoms with Crippen molar-refractivity contribution in [3.8, 4) is 17.2 Å². The monoisotopic (exact) mass is 168 g/mol. The van der Waals surface area contributed by atoms with E-state index in [9.17, 15) is 5.11 Å². The van der Waals surface area contributed by atoms with Crippen molar-refractivity contribution in [1.82, 2.24) is 0 Å². The molecule has 0 aliphatic carbocycles. The van der Waals surface area contributed by atoms with Crippen LogP contribution in [0.4, 0.5) is 0 Å². The number of hydrogen-bond donors (Lipinski definition) is 2. The third-order valence-corrected chi connectivity index (χ3v) is 1.31. The van der Waals surface area contributed by atoms with Crippen LogP contribution in [-0.4, -0.2) is 16.3 Å². The summed E-state index contributed by atoms with van der Waals surface area (Å²) in [6, 6.07) is 4.25. The fraction of sp³-hybridized carbons (Fsp3) is 0.333. The Morgan fingerprint density at radius 1 is 1.25 bits per heavy atom. The number of ether oxygens (including phenoxy) is 1. The molecule has 12 heavy (non-hydrogen) atoms. The zero-order chi connectivity index (χ0) is 9.14. The molecule has 0 saturated carbocycles. The van der Waals surface area contributed by atoms with E-state index in [1.807, 2.05) is 13.8 Å². The van der Waals surface area contributed by atoms with Crippen molar-refractivity contribution in [3.05, 3.63) is 18.2 Å². The first-order valence-corrected chi connectivity index (χ1v) is 3.78. The lowest BCUT2D eigenvalue weighted by molar-refractivity contribution is 0.231. The van der Waals surface area contributed by atoms with Gasteiger partial charge in [-0.3, -0.25) is 0 Å². The average Bonchev–Trinajstić information content (AvgIpc) is 1.94. The highest BCUT2D eigenvalue weighted by Gasteiger charge is 2.04. The maximum absolute atomic E-state index is 9.26. The maximum atomic E-state index is 9.26. The Labute approximate surface area is 71.2 Å². The van der Waals surface area contributed by atoms with Crippen molar-refractivity contribution in [2.75, 3.05) is 0 Å². The van der Waals surface area contributed by atoms with Crippen LogP contribution in [0.5, 0.6) is 17.2 Å². The van der Waals surface area contributed by atoms with E-state index >= 15 is 0 Å². The molecule has 0 radical (unpaired) electrons. The number of aromatic hydroxyl groups is 2. The van der Waals surface area contributed by atoms with Crippen LogP contribution in [-0.2, 0) is 0 Å². The van der Waals surface area contributed by atoms with Crippen LogP contribution in [0, 0.1) is 0 Å². The highest BCUT2D eigenvalue weighted by molar-refractivity contribution is 5.43. The molecule has 0 aromatic heterocycles. The molecule has 1 rings (SSSR count). The Hall–Kier alpha value is -1.38. The van der Waals surface area contributed by atoms with E-state index in [1.165, 1.54) is 18.2 Å². The van der Waals surface area contributed by atoms with Gasteiger partial charge in [0.2, 0.25) is 0 Å². The molecule has 0 aliphatic rings. The lowest BCUT2D eigenvalue weighted by Crippen LogP contribution is -2.05. The van der Waals surface area contributed by atoms with Crippen LogP contribution in [0.3, 0.4) is 0 Å². The van der Waals surface area contributed by atoms with Crippen LogP contribution in [0.1, 0.15) is 13.8 Å². The van der Waals surface area contributed by atoms with Gasteiger partial charge in [0.05, 0.1) is 6.10 Å². The first-order valence-electron chi connectivity index (χ1n) is 3.78. The summed E-state index contributed by atoms with van der Waals surface area (Å²) in [4.78, 5) is 0. The highest BCUT2D eigenvalue weighted by atomic mass is 16.5. The largest absolute Gasteiger partial charge is 0.508 e. The van der Waals surface area contributed by atoms with Crippen molar-refractivity contribution in [1.29, 1.82) is 0 Å². The number of phenols is 2. The molecule has 0 spiro atoms. The van der Waals surface area contributed by atoms with E-state index in [0.717, 1.165) is 0 Å². The van der Waals surface area contributed by atoms with Crippen molar-refractivity contribution in [3.63, 3.8) is 0 Å². The molecule has 66 valence electrons. The number of rotatable bonds is 2. The summed E-state index contributed by atoms with van der Waals surface area (Å²) in [5.41, 5.74) is 0. The van der Waals surface area contributed by atoms with Gasteiger partial charge in [0.25, 0.3) is 0 Å². The van der Waals surface area contributed by atoms with E-state index in [-0.39, 0.29) is 17.6 Å². The SMILES string of the molecule is CC(C)Oc1ccc(O)cc1O. The lowest BCUT2D eigenvalue weighted by Gasteiger charge is -2.10. The quantitative estimate of drug-likeness (QED) is 0.708. The third kappa shape index (κ3) is 2.05. The maximum Gasteiger partial charge on any atom is 0.161 e. The van der Waals surface area contributed by atoms with Gasteiger partial charge in [-0.15, -0.1) is 0 Å². The Bertz CT molecular complexity index is 268. The van der Waals surface area contributed by atoms with Gasteiger partial charge in [0, 0.05) is 6.07 Å². The minimum Gasteiger partial charge on any atom is -0.508 e. The summed E-state index contributed by atoms with van der Waals surface area (Å²) in [6.07, 6.45) is 0.0143. The van der Waals surface area contributed by atoms with Gasteiger partial charge in [-0.25, -0.2) is 0 Å². The molecule has 0 saturated heterocycles. The molecular formula is C9H12O3. The Morgan fingerprint density at radius 2 is 1.92 bits per heavy atom. The molecule has 1 aromatic rings. The second-order valence-electron chi connectivity index (χ2n) is 2.82. The fourth-order valence-corrected chi connectivity index (χ4v) is 0.859. The summed E-state index contributed by atoms with van der Waals surface area (Å²) in [7, 11) is 0. The van der Waals surface area contributed by atoms with E-state index in [4.69, 9.17) is 9.84 Å². The van der Waals surface area contributed by atoms with Crippen molar-refractivity contribution in [2.45, 2.75) is 20.0 Å². The highest BCUT2D eigenvalue weighted by Crippen LogP contribution is 2.29. The van der Waals surface area contributed by atoms with E-state index < -0.39 is 0 Å². The van der Waals surface area contributed by atoms with Crippen LogP contribution < -0.4 is 4.74 Å².